The van der Waals surface area contributed by atoms with E-state index in [0.717, 1.165) is 18.5 Å². The van der Waals surface area contributed by atoms with Gasteiger partial charge in [-0.15, -0.1) is 0 Å². The lowest BCUT2D eigenvalue weighted by Crippen LogP contribution is -2.03. The Labute approximate surface area is 111 Å². The average Bonchev–Trinajstić information content (AvgIpc) is 2.64. The van der Waals surface area contributed by atoms with E-state index in [9.17, 15) is 4.39 Å². The minimum absolute atomic E-state index is 0.271. The van der Waals surface area contributed by atoms with Gasteiger partial charge in [0.1, 0.15) is 5.82 Å². The maximum absolute atomic E-state index is 13.1. The van der Waals surface area contributed by atoms with Gasteiger partial charge in [-0.25, -0.2) is 9.37 Å². The fourth-order valence-electron chi connectivity index (χ4n) is 2.05. The Hall–Kier alpha value is -1.23. The smallest absolute Gasteiger partial charge is 0.201 e. The number of anilines is 1. The van der Waals surface area contributed by atoms with E-state index in [2.05, 4.69) is 11.2 Å². The second-order valence-electron chi connectivity index (χ2n) is 4.31. The molecule has 2 aromatic rings. The van der Waals surface area contributed by atoms with Crippen molar-refractivity contribution in [1.29, 1.82) is 0 Å². The topological polar surface area (TPSA) is 43.8 Å². The van der Waals surface area contributed by atoms with Crippen LogP contribution >= 0.6 is 11.8 Å². The van der Waals surface area contributed by atoms with Gasteiger partial charge in [-0.3, -0.25) is 0 Å². The molecule has 0 fully saturated rings. The average molecular weight is 267 g/mol. The van der Waals surface area contributed by atoms with Crippen LogP contribution in [0.3, 0.4) is 0 Å². The minimum Gasteiger partial charge on any atom is -0.369 e. The zero-order valence-corrected chi connectivity index (χ0v) is 11.3. The first-order valence-corrected chi connectivity index (χ1v) is 7.52. The summed E-state index contributed by atoms with van der Waals surface area (Å²) in [6, 6.07) is 4.62. The number of aromatic nitrogens is 2. The molecule has 0 bridgehead atoms. The van der Waals surface area contributed by atoms with Gasteiger partial charge in [-0.2, -0.15) is 11.8 Å². The SMILES string of the molecule is CSCCCCCn1c(N)nc2cc(F)ccc21. The zero-order chi connectivity index (χ0) is 13.0. The number of aryl methyl sites for hydroxylation is 1. The highest BCUT2D eigenvalue weighted by Crippen LogP contribution is 2.19. The molecule has 0 saturated carbocycles. The van der Waals surface area contributed by atoms with Gasteiger partial charge in [0, 0.05) is 12.6 Å². The highest BCUT2D eigenvalue weighted by atomic mass is 32.2. The second-order valence-corrected chi connectivity index (χ2v) is 5.29. The standard InChI is InChI=1S/C13H18FN3S/c1-18-8-4-2-3-7-17-12-6-5-10(14)9-11(12)16-13(17)15/h5-6,9H,2-4,7-8H2,1H3,(H2,15,16). The number of benzene rings is 1. The van der Waals surface area contributed by atoms with Crippen molar-refractivity contribution < 1.29 is 4.39 Å². The number of nitrogens with two attached hydrogens (primary N) is 1. The number of hydrogen-bond donors (Lipinski definition) is 1. The van der Waals surface area contributed by atoms with Crippen LogP contribution in [0.1, 0.15) is 19.3 Å². The number of halogens is 1. The minimum atomic E-state index is -0.271. The maximum atomic E-state index is 13.1. The van der Waals surface area contributed by atoms with Crippen LogP contribution in [0.25, 0.3) is 11.0 Å². The van der Waals surface area contributed by atoms with Crippen molar-refractivity contribution in [2.24, 2.45) is 0 Å². The predicted molar refractivity (Wildman–Crippen MR) is 76.3 cm³/mol. The first kappa shape index (κ1) is 13.2. The molecule has 1 aromatic heterocycles. The van der Waals surface area contributed by atoms with Gasteiger partial charge < -0.3 is 10.3 Å². The molecule has 98 valence electrons. The van der Waals surface area contributed by atoms with Crippen LogP contribution < -0.4 is 5.73 Å². The summed E-state index contributed by atoms with van der Waals surface area (Å²) in [5.74, 6) is 1.40. The van der Waals surface area contributed by atoms with Crippen molar-refractivity contribution in [3.63, 3.8) is 0 Å². The molecule has 0 aliphatic carbocycles. The van der Waals surface area contributed by atoms with Crippen LogP contribution in [0.15, 0.2) is 18.2 Å². The Morgan fingerprint density at radius 3 is 2.94 bits per heavy atom. The first-order chi connectivity index (χ1) is 8.72. The van der Waals surface area contributed by atoms with Crippen molar-refractivity contribution >= 4 is 28.7 Å². The number of hydrogen-bond acceptors (Lipinski definition) is 3. The molecule has 0 spiro atoms. The Kier molecular flexibility index (Phi) is 4.47. The molecule has 0 aliphatic heterocycles. The van der Waals surface area contributed by atoms with Crippen molar-refractivity contribution in [3.05, 3.63) is 24.0 Å². The maximum Gasteiger partial charge on any atom is 0.201 e. The summed E-state index contributed by atoms with van der Waals surface area (Å²) in [5, 5.41) is 0. The van der Waals surface area contributed by atoms with Crippen LogP contribution in [0.5, 0.6) is 0 Å². The molecule has 0 atom stereocenters. The highest BCUT2D eigenvalue weighted by Gasteiger charge is 2.08. The molecule has 18 heavy (non-hydrogen) atoms. The van der Waals surface area contributed by atoms with Gasteiger partial charge in [0.2, 0.25) is 5.95 Å². The summed E-state index contributed by atoms with van der Waals surface area (Å²) in [6.45, 7) is 0.850. The van der Waals surface area contributed by atoms with E-state index in [1.807, 2.05) is 16.3 Å². The zero-order valence-electron chi connectivity index (χ0n) is 10.5. The molecule has 1 aromatic carbocycles. The van der Waals surface area contributed by atoms with E-state index in [1.54, 1.807) is 6.07 Å². The van der Waals surface area contributed by atoms with Gasteiger partial charge in [0.25, 0.3) is 0 Å². The summed E-state index contributed by atoms with van der Waals surface area (Å²) in [5.41, 5.74) is 7.42. The van der Waals surface area contributed by atoms with Gasteiger partial charge in [0.05, 0.1) is 11.0 Å². The Balaban J connectivity index is 2.05. The molecule has 0 aliphatic rings. The second kappa shape index (κ2) is 6.09. The number of rotatable bonds is 6. The van der Waals surface area contributed by atoms with Gasteiger partial charge >= 0.3 is 0 Å². The summed E-state index contributed by atoms with van der Waals surface area (Å²) < 4.78 is 15.0. The van der Waals surface area contributed by atoms with Crippen molar-refractivity contribution in [3.8, 4) is 0 Å². The number of nitrogens with zero attached hydrogens (tertiary/aromatic N) is 2. The van der Waals surface area contributed by atoms with Gasteiger partial charge in [-0.1, -0.05) is 6.42 Å². The third-order valence-electron chi connectivity index (χ3n) is 2.97. The highest BCUT2D eigenvalue weighted by molar-refractivity contribution is 7.98. The largest absolute Gasteiger partial charge is 0.369 e. The lowest BCUT2D eigenvalue weighted by atomic mass is 10.2. The van der Waals surface area contributed by atoms with Gasteiger partial charge in [-0.05, 0) is 37.0 Å². The molecule has 3 nitrogen and oxygen atoms in total. The fourth-order valence-corrected chi connectivity index (χ4v) is 2.54. The predicted octanol–water partition coefficient (Wildman–Crippen LogP) is 3.29. The molecular formula is C13H18FN3S. The monoisotopic (exact) mass is 267 g/mol. The Morgan fingerprint density at radius 1 is 1.33 bits per heavy atom. The summed E-state index contributed by atoms with van der Waals surface area (Å²) in [4.78, 5) is 4.19. The van der Waals surface area contributed by atoms with E-state index in [1.165, 1.54) is 30.7 Å². The molecule has 0 radical (unpaired) electrons. The molecule has 2 N–H and O–H groups in total. The van der Waals surface area contributed by atoms with Crippen molar-refractivity contribution in [1.82, 2.24) is 9.55 Å². The molecular weight excluding hydrogens is 249 g/mol. The number of imidazole rings is 1. The number of unbranched alkanes of at least 4 members (excludes halogenated alkanes) is 2. The van der Waals surface area contributed by atoms with E-state index < -0.39 is 0 Å². The molecule has 5 heteroatoms. The molecule has 1 heterocycles. The third kappa shape index (κ3) is 2.96. The van der Waals surface area contributed by atoms with Crippen molar-refractivity contribution in [2.45, 2.75) is 25.8 Å². The lowest BCUT2D eigenvalue weighted by Gasteiger charge is -2.06. The Bertz CT molecular complexity index is 524. The number of thioether (sulfide) groups is 1. The molecule has 2 rings (SSSR count). The van der Waals surface area contributed by atoms with E-state index in [4.69, 9.17) is 5.73 Å². The van der Waals surface area contributed by atoms with Gasteiger partial charge in [0.15, 0.2) is 0 Å². The van der Waals surface area contributed by atoms with E-state index in [0.29, 0.717) is 11.5 Å². The molecule has 0 unspecified atom stereocenters. The van der Waals surface area contributed by atoms with Crippen LogP contribution in [0.2, 0.25) is 0 Å². The Morgan fingerprint density at radius 2 is 2.17 bits per heavy atom. The summed E-state index contributed by atoms with van der Waals surface area (Å²) in [7, 11) is 0. The quantitative estimate of drug-likeness (QED) is 0.817. The normalized spacial score (nSPS) is 11.2. The fraction of sp³-hybridized carbons (Fsp3) is 0.462. The molecule has 0 amide bonds. The van der Waals surface area contributed by atoms with Crippen LogP contribution in [-0.2, 0) is 6.54 Å². The van der Waals surface area contributed by atoms with Crippen LogP contribution in [0.4, 0.5) is 10.3 Å². The van der Waals surface area contributed by atoms with Crippen LogP contribution in [0, 0.1) is 5.82 Å². The van der Waals surface area contributed by atoms with Crippen molar-refractivity contribution in [2.75, 3.05) is 17.7 Å². The van der Waals surface area contributed by atoms with E-state index in [-0.39, 0.29) is 5.82 Å². The van der Waals surface area contributed by atoms with E-state index >= 15 is 0 Å². The third-order valence-corrected chi connectivity index (χ3v) is 3.67. The number of nitrogen functional groups attached to an aromatic ring is 1. The lowest BCUT2D eigenvalue weighted by molar-refractivity contribution is 0.619. The summed E-state index contributed by atoms with van der Waals surface area (Å²) >= 11 is 1.87. The van der Waals surface area contributed by atoms with Crippen LogP contribution in [-0.4, -0.2) is 21.6 Å². The number of fused-ring (bicyclic) bond motifs is 1. The first-order valence-electron chi connectivity index (χ1n) is 6.12. The summed E-state index contributed by atoms with van der Waals surface area (Å²) in [6.07, 6.45) is 5.60. The molecule has 0 saturated heterocycles.